The van der Waals surface area contributed by atoms with Crippen LogP contribution in [0.2, 0.25) is 0 Å². The maximum atomic E-state index is 11.9. The Morgan fingerprint density at radius 2 is 2.05 bits per heavy atom. The highest BCUT2D eigenvalue weighted by Gasteiger charge is 2.25. The van der Waals surface area contributed by atoms with Crippen molar-refractivity contribution in [1.29, 1.82) is 0 Å². The first-order valence-electron chi connectivity index (χ1n) is 7.23. The Bertz CT molecular complexity index is 578. The summed E-state index contributed by atoms with van der Waals surface area (Å²) in [5, 5.41) is 5.60. The number of fused-ring (bicyclic) bond motifs is 1. The quantitative estimate of drug-likeness (QED) is 0.880. The maximum Gasteiger partial charge on any atom is 0.407 e. The monoisotopic (exact) mass is 306 g/mol. The van der Waals surface area contributed by atoms with E-state index in [1.807, 2.05) is 12.1 Å². The summed E-state index contributed by atoms with van der Waals surface area (Å²) in [6.45, 7) is 5.39. The van der Waals surface area contributed by atoms with Crippen molar-refractivity contribution in [1.82, 2.24) is 5.32 Å². The van der Waals surface area contributed by atoms with Crippen molar-refractivity contribution in [2.24, 2.45) is 0 Å². The summed E-state index contributed by atoms with van der Waals surface area (Å²) in [4.78, 5) is 23.8. The van der Waals surface area contributed by atoms with Crippen LogP contribution in [-0.4, -0.2) is 30.8 Å². The molecular formula is C16H22N2O4. The van der Waals surface area contributed by atoms with Crippen molar-refractivity contribution in [2.45, 2.75) is 45.3 Å². The number of anilines is 1. The number of amides is 2. The number of rotatable bonds is 2. The molecule has 2 amide bonds. The van der Waals surface area contributed by atoms with E-state index in [4.69, 9.17) is 9.47 Å². The van der Waals surface area contributed by atoms with Crippen LogP contribution in [0, 0.1) is 0 Å². The minimum Gasteiger partial charge on any atom is -0.497 e. The molecule has 0 bridgehead atoms. The highest BCUT2D eigenvalue weighted by Crippen LogP contribution is 2.26. The van der Waals surface area contributed by atoms with Crippen LogP contribution in [0.3, 0.4) is 0 Å². The topological polar surface area (TPSA) is 76.7 Å². The van der Waals surface area contributed by atoms with Gasteiger partial charge in [0, 0.05) is 18.2 Å². The Morgan fingerprint density at radius 3 is 2.68 bits per heavy atom. The van der Waals surface area contributed by atoms with Crippen molar-refractivity contribution in [3.63, 3.8) is 0 Å². The van der Waals surface area contributed by atoms with Gasteiger partial charge in [0.15, 0.2) is 0 Å². The van der Waals surface area contributed by atoms with E-state index in [1.165, 1.54) is 0 Å². The first-order chi connectivity index (χ1) is 10.3. The SMILES string of the molecule is COc1ccc2c(c1)CC(NC(=O)OC(C)(C)C)CC(=O)N2. The minimum atomic E-state index is -0.571. The van der Waals surface area contributed by atoms with E-state index in [2.05, 4.69) is 10.6 Å². The van der Waals surface area contributed by atoms with E-state index in [0.29, 0.717) is 12.2 Å². The summed E-state index contributed by atoms with van der Waals surface area (Å²) in [7, 11) is 1.59. The first kappa shape index (κ1) is 16.1. The highest BCUT2D eigenvalue weighted by molar-refractivity contribution is 5.93. The molecular weight excluding hydrogens is 284 g/mol. The molecule has 0 radical (unpaired) electrons. The standard InChI is InChI=1S/C16H22N2O4/c1-16(2,3)22-15(20)17-11-7-10-8-12(21-4)5-6-13(10)18-14(19)9-11/h5-6,8,11H,7,9H2,1-4H3,(H,17,20)(H,18,19). The molecule has 1 aliphatic rings. The molecule has 0 fully saturated rings. The van der Waals surface area contributed by atoms with Gasteiger partial charge in [-0.2, -0.15) is 0 Å². The third kappa shape index (κ3) is 4.38. The molecule has 1 aliphatic heterocycles. The van der Waals surface area contributed by atoms with Gasteiger partial charge in [0.25, 0.3) is 0 Å². The average Bonchev–Trinajstić information content (AvgIpc) is 2.52. The second-order valence-electron chi connectivity index (χ2n) is 6.32. The largest absolute Gasteiger partial charge is 0.497 e. The van der Waals surface area contributed by atoms with E-state index in [0.717, 1.165) is 11.3 Å². The van der Waals surface area contributed by atoms with Gasteiger partial charge in [-0.05, 0) is 51.0 Å². The van der Waals surface area contributed by atoms with Crippen LogP contribution in [0.4, 0.5) is 10.5 Å². The lowest BCUT2D eigenvalue weighted by Gasteiger charge is -2.22. The van der Waals surface area contributed by atoms with E-state index in [9.17, 15) is 9.59 Å². The summed E-state index contributed by atoms with van der Waals surface area (Å²) in [5.41, 5.74) is 1.10. The zero-order valence-corrected chi connectivity index (χ0v) is 13.4. The van der Waals surface area contributed by atoms with Gasteiger partial charge in [0.05, 0.1) is 7.11 Å². The molecule has 0 saturated heterocycles. The molecule has 120 valence electrons. The van der Waals surface area contributed by atoms with Crippen molar-refractivity contribution < 1.29 is 19.1 Å². The van der Waals surface area contributed by atoms with E-state index in [1.54, 1.807) is 33.9 Å². The minimum absolute atomic E-state index is 0.134. The first-order valence-corrected chi connectivity index (χ1v) is 7.23. The second-order valence-corrected chi connectivity index (χ2v) is 6.32. The lowest BCUT2D eigenvalue weighted by atomic mass is 10.0. The molecule has 6 nitrogen and oxygen atoms in total. The number of nitrogens with one attached hydrogen (secondary N) is 2. The number of carbonyl (C=O) groups is 2. The van der Waals surface area contributed by atoms with Crippen LogP contribution in [0.1, 0.15) is 32.8 Å². The van der Waals surface area contributed by atoms with Crippen LogP contribution in [0.5, 0.6) is 5.75 Å². The summed E-state index contributed by atoms with van der Waals surface area (Å²) in [5.74, 6) is 0.580. The fraction of sp³-hybridized carbons (Fsp3) is 0.500. The lowest BCUT2D eigenvalue weighted by molar-refractivity contribution is -0.116. The number of ether oxygens (including phenoxy) is 2. The average molecular weight is 306 g/mol. The Hall–Kier alpha value is -2.24. The number of hydrogen-bond acceptors (Lipinski definition) is 4. The maximum absolute atomic E-state index is 11.9. The molecule has 0 aliphatic carbocycles. The molecule has 22 heavy (non-hydrogen) atoms. The van der Waals surface area contributed by atoms with Gasteiger partial charge in [0.1, 0.15) is 11.4 Å². The smallest absolute Gasteiger partial charge is 0.407 e. The van der Waals surface area contributed by atoms with Gasteiger partial charge in [-0.15, -0.1) is 0 Å². The zero-order valence-electron chi connectivity index (χ0n) is 13.4. The predicted molar refractivity (Wildman–Crippen MR) is 83.1 cm³/mol. The normalized spacial score (nSPS) is 17.8. The van der Waals surface area contributed by atoms with Crippen LogP contribution in [0.25, 0.3) is 0 Å². The molecule has 0 saturated carbocycles. The van der Waals surface area contributed by atoms with Gasteiger partial charge in [-0.25, -0.2) is 4.79 Å². The summed E-state index contributed by atoms with van der Waals surface area (Å²) < 4.78 is 10.4. The third-order valence-electron chi connectivity index (χ3n) is 3.21. The summed E-state index contributed by atoms with van der Waals surface area (Å²) in [6.07, 6.45) is 0.220. The van der Waals surface area contributed by atoms with Crippen molar-refractivity contribution in [3.8, 4) is 5.75 Å². The van der Waals surface area contributed by atoms with E-state index >= 15 is 0 Å². The van der Waals surface area contributed by atoms with Gasteiger partial charge in [-0.1, -0.05) is 0 Å². The molecule has 1 unspecified atom stereocenters. The Labute approximate surface area is 130 Å². The van der Waals surface area contributed by atoms with E-state index < -0.39 is 11.7 Å². The second kappa shape index (κ2) is 6.25. The van der Waals surface area contributed by atoms with Crippen LogP contribution < -0.4 is 15.4 Å². The van der Waals surface area contributed by atoms with Gasteiger partial charge in [0.2, 0.25) is 5.91 Å². The molecule has 2 rings (SSSR count). The number of alkyl carbamates (subject to hydrolysis) is 1. The highest BCUT2D eigenvalue weighted by atomic mass is 16.6. The predicted octanol–water partition coefficient (Wildman–Crippen LogP) is 2.47. The van der Waals surface area contributed by atoms with E-state index in [-0.39, 0.29) is 18.4 Å². The molecule has 0 spiro atoms. The van der Waals surface area contributed by atoms with Crippen LogP contribution in [-0.2, 0) is 16.0 Å². The molecule has 0 aromatic heterocycles. The Morgan fingerprint density at radius 1 is 1.32 bits per heavy atom. The zero-order chi connectivity index (χ0) is 16.3. The van der Waals surface area contributed by atoms with Gasteiger partial charge < -0.3 is 20.1 Å². The van der Waals surface area contributed by atoms with Crippen molar-refractivity contribution in [2.75, 3.05) is 12.4 Å². The molecule has 1 aromatic rings. The van der Waals surface area contributed by atoms with Crippen LogP contribution >= 0.6 is 0 Å². The van der Waals surface area contributed by atoms with Gasteiger partial charge >= 0.3 is 6.09 Å². The van der Waals surface area contributed by atoms with Crippen molar-refractivity contribution >= 4 is 17.7 Å². The molecule has 1 aromatic carbocycles. The number of methoxy groups -OCH3 is 1. The number of carbonyl (C=O) groups excluding carboxylic acids is 2. The van der Waals surface area contributed by atoms with Crippen molar-refractivity contribution in [3.05, 3.63) is 23.8 Å². The molecule has 1 heterocycles. The fourth-order valence-electron chi connectivity index (χ4n) is 2.33. The third-order valence-corrected chi connectivity index (χ3v) is 3.21. The summed E-state index contributed by atoms with van der Waals surface area (Å²) in [6, 6.07) is 5.15. The number of hydrogen-bond donors (Lipinski definition) is 2. The van der Waals surface area contributed by atoms with Gasteiger partial charge in [-0.3, -0.25) is 4.79 Å². The molecule has 2 N–H and O–H groups in total. The lowest BCUT2D eigenvalue weighted by Crippen LogP contribution is -2.41. The van der Waals surface area contributed by atoms with Crippen LogP contribution in [0.15, 0.2) is 18.2 Å². The Balaban J connectivity index is 2.13. The number of benzene rings is 1. The summed E-state index contributed by atoms with van der Waals surface area (Å²) >= 11 is 0. The fourth-order valence-corrected chi connectivity index (χ4v) is 2.33. The molecule has 1 atom stereocenters. The molecule has 6 heteroatoms. The Kier molecular flexibility index (Phi) is 4.59.